The second-order valence-electron chi connectivity index (χ2n) is 9.48. The van der Waals surface area contributed by atoms with Crippen LogP contribution < -0.4 is 15.5 Å². The first-order chi connectivity index (χ1) is 17.5. The molecule has 1 saturated carbocycles. The number of carbonyl (C=O) groups excluding carboxylic acids is 3. The first-order valence-corrected chi connectivity index (χ1v) is 13.0. The molecule has 1 heterocycles. The van der Waals surface area contributed by atoms with Crippen molar-refractivity contribution in [1.29, 1.82) is 0 Å². The first-order valence-electron chi connectivity index (χ1n) is 13.0. The lowest BCUT2D eigenvalue weighted by molar-refractivity contribution is -0.131. The number of benzene rings is 2. The summed E-state index contributed by atoms with van der Waals surface area (Å²) in [5.41, 5.74) is 2.77. The number of hydrogen-bond donors (Lipinski definition) is 2. The lowest BCUT2D eigenvalue weighted by atomic mass is 10.0. The highest BCUT2D eigenvalue weighted by Crippen LogP contribution is 2.29. The molecule has 0 unspecified atom stereocenters. The molecule has 2 aromatic carbocycles. The number of amides is 3. The molecule has 0 bridgehead atoms. The number of piperazine rings is 1. The van der Waals surface area contributed by atoms with Gasteiger partial charge in [-0.15, -0.1) is 0 Å². The van der Waals surface area contributed by atoms with E-state index in [1.54, 1.807) is 31.2 Å². The summed E-state index contributed by atoms with van der Waals surface area (Å²) in [6.07, 6.45) is 6.95. The molecule has 2 aromatic rings. The second-order valence-corrected chi connectivity index (χ2v) is 9.48. The highest BCUT2D eigenvalue weighted by molar-refractivity contribution is 6.00. The number of esters is 1. The smallest absolute Gasteiger partial charge is 0.338 e. The van der Waals surface area contributed by atoms with E-state index < -0.39 is 0 Å². The minimum Gasteiger partial charge on any atom is -0.462 e. The largest absolute Gasteiger partial charge is 0.462 e. The van der Waals surface area contributed by atoms with Crippen LogP contribution in [0.1, 0.15) is 55.8 Å². The fourth-order valence-electron chi connectivity index (χ4n) is 4.95. The molecule has 36 heavy (non-hydrogen) atoms. The second kappa shape index (κ2) is 12.4. The van der Waals surface area contributed by atoms with Gasteiger partial charge in [0.15, 0.2) is 0 Å². The van der Waals surface area contributed by atoms with Crippen LogP contribution in [0, 0.1) is 5.92 Å². The topological polar surface area (TPSA) is 91.0 Å². The third-order valence-electron chi connectivity index (χ3n) is 7.02. The van der Waals surface area contributed by atoms with Crippen molar-refractivity contribution in [1.82, 2.24) is 4.90 Å². The van der Waals surface area contributed by atoms with Crippen LogP contribution >= 0.6 is 0 Å². The predicted octanol–water partition coefficient (Wildman–Crippen LogP) is 5.13. The molecule has 3 amide bonds. The van der Waals surface area contributed by atoms with E-state index in [0.29, 0.717) is 35.9 Å². The minimum atomic E-state index is -0.388. The van der Waals surface area contributed by atoms with Gasteiger partial charge in [0, 0.05) is 49.7 Å². The monoisotopic (exact) mass is 492 g/mol. The van der Waals surface area contributed by atoms with Crippen LogP contribution in [0.2, 0.25) is 0 Å². The van der Waals surface area contributed by atoms with E-state index in [-0.39, 0.29) is 12.0 Å². The van der Waals surface area contributed by atoms with Gasteiger partial charge < -0.3 is 25.2 Å². The molecule has 0 aromatic heterocycles. The van der Waals surface area contributed by atoms with Crippen molar-refractivity contribution in [2.75, 3.05) is 48.3 Å². The first kappa shape index (κ1) is 25.5. The summed E-state index contributed by atoms with van der Waals surface area (Å²) in [4.78, 5) is 41.0. The Morgan fingerprint density at radius 2 is 1.44 bits per heavy atom. The lowest BCUT2D eigenvalue weighted by Crippen LogP contribution is -2.48. The van der Waals surface area contributed by atoms with E-state index >= 15 is 0 Å². The van der Waals surface area contributed by atoms with Gasteiger partial charge in [-0.2, -0.15) is 0 Å². The van der Waals surface area contributed by atoms with Crippen molar-refractivity contribution in [2.24, 2.45) is 5.92 Å². The summed E-state index contributed by atoms with van der Waals surface area (Å²) in [6, 6.07) is 13.9. The Balaban J connectivity index is 1.20. The van der Waals surface area contributed by atoms with Gasteiger partial charge in [0.2, 0.25) is 5.91 Å². The fourth-order valence-corrected chi connectivity index (χ4v) is 4.95. The third-order valence-corrected chi connectivity index (χ3v) is 7.02. The fraction of sp³-hybridized carbons (Fsp3) is 0.464. The van der Waals surface area contributed by atoms with E-state index in [1.807, 2.05) is 29.2 Å². The molecule has 2 fully saturated rings. The molecule has 0 spiro atoms. The maximum absolute atomic E-state index is 12.6. The molecule has 0 atom stereocenters. The van der Waals surface area contributed by atoms with Crippen LogP contribution in [0.4, 0.5) is 21.9 Å². The summed E-state index contributed by atoms with van der Waals surface area (Å²) in [7, 11) is 0. The van der Waals surface area contributed by atoms with Crippen LogP contribution in [0.15, 0.2) is 48.5 Å². The Kier molecular flexibility index (Phi) is 8.81. The molecule has 192 valence electrons. The third kappa shape index (κ3) is 6.99. The van der Waals surface area contributed by atoms with Crippen LogP contribution in [0.5, 0.6) is 0 Å². The molecule has 2 N–H and O–H groups in total. The number of anilines is 3. The van der Waals surface area contributed by atoms with E-state index in [1.165, 1.54) is 25.7 Å². The molecule has 1 aliphatic heterocycles. The van der Waals surface area contributed by atoms with E-state index in [0.717, 1.165) is 44.2 Å². The van der Waals surface area contributed by atoms with Crippen molar-refractivity contribution in [3.63, 3.8) is 0 Å². The zero-order valence-electron chi connectivity index (χ0n) is 21.0. The highest BCUT2D eigenvalue weighted by Gasteiger charge is 2.23. The van der Waals surface area contributed by atoms with Gasteiger partial charge in [0.25, 0.3) is 0 Å². The molecule has 8 heteroatoms. The van der Waals surface area contributed by atoms with Crippen LogP contribution in [0.3, 0.4) is 0 Å². The zero-order chi connectivity index (χ0) is 25.3. The van der Waals surface area contributed by atoms with Crippen LogP contribution in [-0.4, -0.2) is 55.6 Å². The number of urea groups is 1. The number of carbonyl (C=O) groups is 3. The van der Waals surface area contributed by atoms with E-state index in [9.17, 15) is 14.4 Å². The summed E-state index contributed by atoms with van der Waals surface area (Å²) in [6.45, 7) is 5.19. The Morgan fingerprint density at radius 1 is 0.861 bits per heavy atom. The number of nitrogens with zero attached hydrogens (tertiary/aromatic N) is 2. The quantitative estimate of drug-likeness (QED) is 0.499. The van der Waals surface area contributed by atoms with Gasteiger partial charge >= 0.3 is 12.0 Å². The average molecular weight is 493 g/mol. The van der Waals surface area contributed by atoms with E-state index in [2.05, 4.69) is 15.5 Å². The Bertz CT molecular complexity index is 1020. The molecule has 2 aliphatic rings. The van der Waals surface area contributed by atoms with Crippen molar-refractivity contribution in [3.05, 3.63) is 54.1 Å². The SMILES string of the molecule is CCOC(=O)c1ccc(NC(=O)Nc2ccc(N3CCN(C(=O)CCC4CCCC4)CC3)cc2)cc1. The van der Waals surface area contributed by atoms with Gasteiger partial charge in [-0.1, -0.05) is 25.7 Å². The maximum Gasteiger partial charge on any atom is 0.338 e. The van der Waals surface area contributed by atoms with Crippen molar-refractivity contribution in [3.8, 4) is 0 Å². The number of nitrogens with one attached hydrogen (secondary N) is 2. The molecule has 0 radical (unpaired) electrons. The standard InChI is InChI=1S/C28H36N4O4/c1-2-36-27(34)22-8-10-23(11-9-22)29-28(35)30-24-12-14-25(15-13-24)31-17-19-32(20-18-31)26(33)16-7-21-5-3-4-6-21/h8-15,21H,2-7,16-20H2,1H3,(H2,29,30,35). The Hall–Kier alpha value is -3.55. The summed E-state index contributed by atoms with van der Waals surface area (Å²) >= 11 is 0. The molecular weight excluding hydrogens is 456 g/mol. The Morgan fingerprint density at radius 3 is 2.03 bits per heavy atom. The minimum absolute atomic E-state index is 0.294. The van der Waals surface area contributed by atoms with Crippen LogP contribution in [-0.2, 0) is 9.53 Å². The number of hydrogen-bond acceptors (Lipinski definition) is 5. The molecular formula is C28H36N4O4. The number of rotatable bonds is 8. The zero-order valence-corrected chi connectivity index (χ0v) is 21.0. The van der Waals surface area contributed by atoms with Crippen molar-refractivity contribution < 1.29 is 19.1 Å². The summed E-state index contributed by atoms with van der Waals surface area (Å²) in [5.74, 6) is 0.657. The van der Waals surface area contributed by atoms with Gasteiger partial charge in [-0.3, -0.25) is 4.79 Å². The predicted molar refractivity (Wildman–Crippen MR) is 141 cm³/mol. The van der Waals surface area contributed by atoms with Gasteiger partial charge in [-0.25, -0.2) is 9.59 Å². The Labute approximate surface area is 213 Å². The molecule has 1 aliphatic carbocycles. The number of ether oxygens (including phenoxy) is 1. The van der Waals surface area contributed by atoms with Gasteiger partial charge in [0.1, 0.15) is 0 Å². The molecule has 4 rings (SSSR count). The van der Waals surface area contributed by atoms with Gasteiger partial charge in [0.05, 0.1) is 12.2 Å². The van der Waals surface area contributed by atoms with Crippen LogP contribution in [0.25, 0.3) is 0 Å². The van der Waals surface area contributed by atoms with E-state index in [4.69, 9.17) is 4.74 Å². The molecule has 8 nitrogen and oxygen atoms in total. The molecule has 1 saturated heterocycles. The average Bonchev–Trinajstić information content (AvgIpc) is 3.42. The highest BCUT2D eigenvalue weighted by atomic mass is 16.5. The van der Waals surface area contributed by atoms with Crippen molar-refractivity contribution >= 4 is 35.0 Å². The summed E-state index contributed by atoms with van der Waals surface area (Å²) < 4.78 is 4.96. The van der Waals surface area contributed by atoms with Gasteiger partial charge in [-0.05, 0) is 67.8 Å². The summed E-state index contributed by atoms with van der Waals surface area (Å²) in [5, 5.41) is 5.58. The van der Waals surface area contributed by atoms with Crippen molar-refractivity contribution in [2.45, 2.75) is 45.4 Å². The normalized spacial score (nSPS) is 16.0. The lowest BCUT2D eigenvalue weighted by Gasteiger charge is -2.36. The maximum atomic E-state index is 12.6.